The van der Waals surface area contributed by atoms with E-state index in [0.29, 0.717) is 30.0 Å². The van der Waals surface area contributed by atoms with Crippen molar-refractivity contribution in [3.05, 3.63) is 131 Å². The van der Waals surface area contributed by atoms with Gasteiger partial charge in [0.2, 0.25) is 0 Å². The molecule has 0 radical (unpaired) electrons. The zero-order valence-corrected chi connectivity index (χ0v) is 24.2. The third kappa shape index (κ3) is 5.13. The third-order valence-corrected chi connectivity index (χ3v) is 8.04. The van der Waals surface area contributed by atoms with Gasteiger partial charge in [0, 0.05) is 40.9 Å². The largest absolute Gasteiger partial charge is 0.493 e. The van der Waals surface area contributed by atoms with Crippen LogP contribution in [-0.4, -0.2) is 35.1 Å². The highest BCUT2D eigenvalue weighted by atomic mass is 16.5. The lowest BCUT2D eigenvalue weighted by Crippen LogP contribution is -2.13. The summed E-state index contributed by atoms with van der Waals surface area (Å²) in [5.41, 5.74) is 7.86. The molecule has 0 aliphatic carbocycles. The Bertz CT molecular complexity index is 2030. The van der Waals surface area contributed by atoms with Crippen molar-refractivity contribution >= 4 is 39.5 Å². The first kappa shape index (κ1) is 27.3. The summed E-state index contributed by atoms with van der Waals surface area (Å²) in [5.74, 6) is 0.715. The Kier molecular flexibility index (Phi) is 7.20. The van der Waals surface area contributed by atoms with E-state index in [-0.39, 0.29) is 18.5 Å². The highest BCUT2D eigenvalue weighted by Gasteiger charge is 2.22. The molecule has 6 aromatic rings. The molecular formula is C37H29N3O4. The van der Waals surface area contributed by atoms with Gasteiger partial charge in [0.1, 0.15) is 11.6 Å². The number of esters is 1. The highest BCUT2D eigenvalue weighted by molar-refractivity contribution is 6.08. The molecule has 0 saturated carbocycles. The van der Waals surface area contributed by atoms with Gasteiger partial charge in [-0.1, -0.05) is 36.4 Å². The van der Waals surface area contributed by atoms with E-state index in [1.165, 1.54) is 5.56 Å². The monoisotopic (exact) mass is 579 g/mol. The van der Waals surface area contributed by atoms with Crippen LogP contribution in [0.15, 0.2) is 103 Å². The summed E-state index contributed by atoms with van der Waals surface area (Å²) >= 11 is 0. The van der Waals surface area contributed by atoms with E-state index in [9.17, 15) is 9.59 Å². The van der Waals surface area contributed by atoms with Gasteiger partial charge in [-0.3, -0.25) is 9.78 Å². The SMILES string of the molecule is Cc1cc2nc(NC(=O)c3ccccc3)ccc2c(-c2ccc3c4c(ccnc24)CCO3)c1CCOC(=O)c1ccccc1. The Balaban J connectivity index is 1.32. The summed E-state index contributed by atoms with van der Waals surface area (Å²) in [6.45, 7) is 2.89. The molecule has 1 N–H and O–H groups in total. The molecule has 7 rings (SSSR count). The standard InChI is InChI=1S/C37H29N3O4/c1-23-22-30-28(13-15-32(39-30)40-36(41)25-8-4-2-5-9-25)34(27(23)18-21-44-37(42)26-10-6-3-7-11-26)29-12-14-31-33-24(17-20-43-31)16-19-38-35(29)33/h2-16,19,22H,17-18,20-21H2,1H3,(H,39,40,41). The zero-order valence-electron chi connectivity index (χ0n) is 24.2. The smallest absolute Gasteiger partial charge is 0.338 e. The first-order chi connectivity index (χ1) is 21.6. The van der Waals surface area contributed by atoms with Gasteiger partial charge >= 0.3 is 5.97 Å². The molecule has 44 heavy (non-hydrogen) atoms. The summed E-state index contributed by atoms with van der Waals surface area (Å²) in [7, 11) is 0. The van der Waals surface area contributed by atoms with E-state index in [1.54, 1.807) is 24.3 Å². The Morgan fingerprint density at radius 2 is 1.68 bits per heavy atom. The van der Waals surface area contributed by atoms with Crippen molar-refractivity contribution in [2.24, 2.45) is 0 Å². The summed E-state index contributed by atoms with van der Waals surface area (Å²) in [5, 5.41) is 4.86. The molecule has 0 atom stereocenters. The van der Waals surface area contributed by atoms with Crippen LogP contribution in [0.5, 0.6) is 5.75 Å². The van der Waals surface area contributed by atoms with Gasteiger partial charge in [-0.25, -0.2) is 9.78 Å². The van der Waals surface area contributed by atoms with E-state index >= 15 is 0 Å². The maximum absolute atomic E-state index is 12.9. The topological polar surface area (TPSA) is 90.4 Å². The molecule has 1 amide bonds. The van der Waals surface area contributed by atoms with Gasteiger partial charge in [0.25, 0.3) is 5.91 Å². The third-order valence-electron chi connectivity index (χ3n) is 8.04. The summed E-state index contributed by atoms with van der Waals surface area (Å²) in [6, 6.07) is 30.0. The second-order valence-electron chi connectivity index (χ2n) is 10.8. The second kappa shape index (κ2) is 11.6. The Morgan fingerprint density at radius 1 is 0.909 bits per heavy atom. The number of anilines is 1. The quantitative estimate of drug-likeness (QED) is 0.199. The van der Waals surface area contributed by atoms with Crippen LogP contribution in [-0.2, 0) is 17.6 Å². The number of carbonyl (C=O) groups excluding carboxylic acids is 2. The molecule has 0 saturated heterocycles. The Hall–Kier alpha value is -5.56. The zero-order chi connectivity index (χ0) is 30.0. The lowest BCUT2D eigenvalue weighted by molar-refractivity contribution is 0.0509. The number of nitrogens with zero attached hydrogens (tertiary/aromatic N) is 2. The number of benzene rings is 4. The second-order valence-corrected chi connectivity index (χ2v) is 10.8. The number of nitrogens with one attached hydrogen (secondary N) is 1. The van der Waals surface area contributed by atoms with Crippen LogP contribution < -0.4 is 10.1 Å². The van der Waals surface area contributed by atoms with Crippen LogP contribution in [0.2, 0.25) is 0 Å². The normalized spacial score (nSPS) is 12.1. The molecular weight excluding hydrogens is 550 g/mol. The fourth-order valence-electron chi connectivity index (χ4n) is 5.93. The van der Waals surface area contributed by atoms with E-state index in [2.05, 4.69) is 17.4 Å². The number of carbonyl (C=O) groups is 2. The maximum Gasteiger partial charge on any atom is 0.338 e. The first-order valence-corrected chi connectivity index (χ1v) is 14.6. The molecule has 0 bridgehead atoms. The van der Waals surface area contributed by atoms with Crippen molar-refractivity contribution < 1.29 is 19.1 Å². The number of rotatable bonds is 7. The van der Waals surface area contributed by atoms with Crippen LogP contribution in [0.1, 0.15) is 37.4 Å². The van der Waals surface area contributed by atoms with E-state index in [4.69, 9.17) is 19.4 Å². The van der Waals surface area contributed by atoms with Crippen molar-refractivity contribution in [1.82, 2.24) is 9.97 Å². The van der Waals surface area contributed by atoms with Gasteiger partial charge in [0.05, 0.1) is 29.8 Å². The fourth-order valence-corrected chi connectivity index (χ4v) is 5.93. The molecule has 7 heteroatoms. The average Bonchev–Trinajstić information content (AvgIpc) is 3.06. The fraction of sp³-hybridized carbons (Fsp3) is 0.135. The molecule has 0 spiro atoms. The number of pyridine rings is 2. The van der Waals surface area contributed by atoms with Crippen molar-refractivity contribution in [1.29, 1.82) is 0 Å². The van der Waals surface area contributed by atoms with E-state index < -0.39 is 0 Å². The van der Waals surface area contributed by atoms with Crippen molar-refractivity contribution in [2.75, 3.05) is 18.5 Å². The highest BCUT2D eigenvalue weighted by Crippen LogP contribution is 2.42. The van der Waals surface area contributed by atoms with Gasteiger partial charge in [-0.2, -0.15) is 0 Å². The van der Waals surface area contributed by atoms with Crippen molar-refractivity contribution in [3.8, 4) is 16.9 Å². The molecule has 2 aromatic heterocycles. The Labute approximate surface area is 254 Å². The number of hydrogen-bond donors (Lipinski definition) is 1. The van der Waals surface area contributed by atoms with Crippen LogP contribution >= 0.6 is 0 Å². The van der Waals surface area contributed by atoms with Crippen molar-refractivity contribution in [3.63, 3.8) is 0 Å². The number of aryl methyl sites for hydroxylation is 1. The van der Waals surface area contributed by atoms with Crippen molar-refractivity contribution in [2.45, 2.75) is 19.8 Å². The molecule has 3 heterocycles. The maximum atomic E-state index is 12.9. The molecule has 0 fully saturated rings. The lowest BCUT2D eigenvalue weighted by atomic mass is 9.88. The molecule has 1 aliphatic heterocycles. The minimum atomic E-state index is -0.355. The Morgan fingerprint density at radius 3 is 2.48 bits per heavy atom. The number of hydrogen-bond acceptors (Lipinski definition) is 6. The molecule has 1 aliphatic rings. The predicted octanol–water partition coefficient (Wildman–Crippen LogP) is 7.35. The van der Waals surface area contributed by atoms with Gasteiger partial charge in [-0.15, -0.1) is 0 Å². The average molecular weight is 580 g/mol. The lowest BCUT2D eigenvalue weighted by Gasteiger charge is -2.22. The number of fused-ring (bicyclic) bond motifs is 1. The van der Waals surface area contributed by atoms with E-state index in [1.807, 2.05) is 73.8 Å². The first-order valence-electron chi connectivity index (χ1n) is 14.6. The van der Waals surface area contributed by atoms with Gasteiger partial charge in [0.15, 0.2) is 0 Å². The minimum absolute atomic E-state index is 0.212. The summed E-state index contributed by atoms with van der Waals surface area (Å²) in [6.07, 6.45) is 3.17. The summed E-state index contributed by atoms with van der Waals surface area (Å²) in [4.78, 5) is 35.3. The number of aromatic nitrogens is 2. The molecule has 4 aromatic carbocycles. The number of amides is 1. The predicted molar refractivity (Wildman–Crippen MR) is 171 cm³/mol. The van der Waals surface area contributed by atoms with Crippen LogP contribution in [0.25, 0.3) is 32.9 Å². The van der Waals surface area contributed by atoms with E-state index in [0.717, 1.165) is 56.2 Å². The van der Waals surface area contributed by atoms with Crippen LogP contribution in [0, 0.1) is 6.92 Å². The van der Waals surface area contributed by atoms with Crippen LogP contribution in [0.3, 0.4) is 0 Å². The minimum Gasteiger partial charge on any atom is -0.493 e. The molecule has 0 unspecified atom stereocenters. The molecule has 216 valence electrons. The summed E-state index contributed by atoms with van der Waals surface area (Å²) < 4.78 is 11.7. The van der Waals surface area contributed by atoms with Crippen LogP contribution in [0.4, 0.5) is 5.82 Å². The molecule has 7 nitrogen and oxygen atoms in total. The van der Waals surface area contributed by atoms with Gasteiger partial charge in [-0.05, 0) is 89.8 Å². The number of ether oxygens (including phenoxy) is 2. The van der Waals surface area contributed by atoms with Gasteiger partial charge < -0.3 is 14.8 Å².